The van der Waals surface area contributed by atoms with Gasteiger partial charge in [-0.25, -0.2) is 0 Å². The van der Waals surface area contributed by atoms with Crippen molar-refractivity contribution >= 4 is 17.3 Å². The van der Waals surface area contributed by atoms with E-state index >= 15 is 0 Å². The molecule has 1 saturated heterocycles. The number of nitrogens with one attached hydrogen (secondary N) is 1. The van der Waals surface area contributed by atoms with E-state index in [2.05, 4.69) is 26.1 Å². The zero-order valence-electron chi connectivity index (χ0n) is 12.0. The van der Waals surface area contributed by atoms with E-state index in [9.17, 15) is 0 Å². The van der Waals surface area contributed by atoms with Crippen LogP contribution >= 0.6 is 12.2 Å². The summed E-state index contributed by atoms with van der Waals surface area (Å²) in [7, 11) is 0. The highest BCUT2D eigenvalue weighted by molar-refractivity contribution is 7.80. The largest absolute Gasteiger partial charge is 0.479 e. The summed E-state index contributed by atoms with van der Waals surface area (Å²) in [4.78, 5) is 0. The number of rotatable bonds is 3. The molecule has 1 N–H and O–H groups in total. The first kappa shape index (κ1) is 14.3. The Morgan fingerprint density at radius 3 is 2.44 bits per heavy atom. The van der Waals surface area contributed by atoms with Crippen molar-refractivity contribution in [3.8, 4) is 0 Å². The molecular weight excluding hydrogens is 242 g/mol. The molecule has 0 unspecified atom stereocenters. The van der Waals surface area contributed by atoms with E-state index in [4.69, 9.17) is 17.0 Å². The third kappa shape index (κ3) is 3.45. The lowest BCUT2D eigenvalue weighted by molar-refractivity contribution is 0.0134. The van der Waals surface area contributed by atoms with Gasteiger partial charge in [0.1, 0.15) is 5.60 Å². The van der Waals surface area contributed by atoms with Gasteiger partial charge in [0.2, 0.25) is 0 Å². The predicted molar refractivity (Wildman–Crippen MR) is 79.9 cm³/mol. The van der Waals surface area contributed by atoms with E-state index in [1.165, 1.54) is 19.3 Å². The Hall–Kier alpha value is -0.150. The van der Waals surface area contributed by atoms with E-state index in [0.29, 0.717) is 6.04 Å². The maximum atomic E-state index is 6.16. The van der Waals surface area contributed by atoms with Crippen molar-refractivity contribution < 1.29 is 4.74 Å². The van der Waals surface area contributed by atoms with Crippen LogP contribution in [0.15, 0.2) is 0 Å². The average molecular weight is 269 g/mol. The van der Waals surface area contributed by atoms with Gasteiger partial charge in [-0.1, -0.05) is 13.8 Å². The summed E-state index contributed by atoms with van der Waals surface area (Å²) in [5.74, 6) is 1.68. The molecule has 2 nitrogen and oxygen atoms in total. The Balaban J connectivity index is 1.83. The Morgan fingerprint density at radius 1 is 1.28 bits per heavy atom. The van der Waals surface area contributed by atoms with Gasteiger partial charge < -0.3 is 10.1 Å². The first-order chi connectivity index (χ1) is 8.50. The van der Waals surface area contributed by atoms with Crippen molar-refractivity contribution in [2.45, 2.75) is 70.9 Å². The van der Waals surface area contributed by atoms with E-state index in [-0.39, 0.29) is 5.60 Å². The second-order valence-electron chi connectivity index (χ2n) is 6.60. The maximum Gasteiger partial charge on any atom is 0.177 e. The fraction of sp³-hybridized carbons (Fsp3) is 0.933. The van der Waals surface area contributed by atoms with Crippen molar-refractivity contribution in [1.29, 1.82) is 0 Å². The minimum absolute atomic E-state index is 0.00720. The molecule has 2 fully saturated rings. The van der Waals surface area contributed by atoms with Gasteiger partial charge >= 0.3 is 0 Å². The van der Waals surface area contributed by atoms with Crippen LogP contribution in [-0.4, -0.2) is 23.2 Å². The third-order valence-corrected chi connectivity index (χ3v) is 5.09. The van der Waals surface area contributed by atoms with Gasteiger partial charge in [-0.2, -0.15) is 0 Å². The molecule has 1 aliphatic heterocycles. The van der Waals surface area contributed by atoms with E-state index in [0.717, 1.165) is 42.7 Å². The minimum atomic E-state index is -0.00720. The predicted octanol–water partition coefficient (Wildman–Crippen LogP) is 3.69. The minimum Gasteiger partial charge on any atom is -0.479 e. The van der Waals surface area contributed by atoms with Gasteiger partial charge in [0.25, 0.3) is 0 Å². The Morgan fingerprint density at radius 2 is 1.94 bits per heavy atom. The van der Waals surface area contributed by atoms with Gasteiger partial charge in [0, 0.05) is 0 Å². The van der Waals surface area contributed by atoms with Crippen molar-refractivity contribution in [3.05, 3.63) is 0 Å². The van der Waals surface area contributed by atoms with Crippen molar-refractivity contribution in [2.24, 2.45) is 11.8 Å². The van der Waals surface area contributed by atoms with Gasteiger partial charge in [-0.05, 0) is 76.0 Å². The topological polar surface area (TPSA) is 21.3 Å². The molecule has 0 aromatic carbocycles. The highest BCUT2D eigenvalue weighted by Crippen LogP contribution is 2.38. The molecule has 18 heavy (non-hydrogen) atoms. The second kappa shape index (κ2) is 5.87. The molecule has 104 valence electrons. The van der Waals surface area contributed by atoms with Crippen LogP contribution in [0.25, 0.3) is 0 Å². The molecule has 0 radical (unpaired) electrons. The van der Waals surface area contributed by atoms with E-state index < -0.39 is 0 Å². The summed E-state index contributed by atoms with van der Waals surface area (Å²) in [5, 5.41) is 4.23. The standard InChI is InChI=1S/C15H27NOS/c1-11(2)12-6-8-15(3,9-7-12)17-14(18)13-5-4-10-16-13/h11-13,16H,4-10H2,1-3H3/t12?,13-,15?/m0/s1. The molecular formula is C15H27NOS. The summed E-state index contributed by atoms with van der Waals surface area (Å²) >= 11 is 5.46. The lowest BCUT2D eigenvalue weighted by atomic mass is 9.75. The third-order valence-electron chi connectivity index (χ3n) is 4.72. The maximum absolute atomic E-state index is 6.16. The monoisotopic (exact) mass is 269 g/mol. The lowest BCUT2D eigenvalue weighted by Crippen LogP contribution is -2.41. The fourth-order valence-electron chi connectivity index (χ4n) is 3.22. The molecule has 2 aliphatic rings. The molecule has 0 aromatic heterocycles. The molecule has 0 spiro atoms. The molecule has 1 atom stereocenters. The normalized spacial score (nSPS) is 36.9. The average Bonchev–Trinajstić information content (AvgIpc) is 2.82. The SMILES string of the molecule is CC(C)C1CCC(C)(OC(=S)[C@@H]2CCCN2)CC1. The Kier molecular flexibility index (Phi) is 4.65. The summed E-state index contributed by atoms with van der Waals surface area (Å²) in [6, 6.07) is 0.319. The first-order valence-corrected chi connectivity index (χ1v) is 7.87. The van der Waals surface area contributed by atoms with Crippen LogP contribution in [0.1, 0.15) is 59.3 Å². The highest BCUT2D eigenvalue weighted by atomic mass is 32.1. The van der Waals surface area contributed by atoms with Crippen LogP contribution in [0, 0.1) is 11.8 Å². The first-order valence-electron chi connectivity index (χ1n) is 7.46. The summed E-state index contributed by atoms with van der Waals surface area (Å²) in [5.41, 5.74) is -0.00720. The summed E-state index contributed by atoms with van der Waals surface area (Å²) < 4.78 is 6.16. The van der Waals surface area contributed by atoms with Crippen LogP contribution < -0.4 is 5.32 Å². The van der Waals surface area contributed by atoms with Crippen LogP contribution in [0.4, 0.5) is 0 Å². The Bertz CT molecular complexity index is 289. The number of thiocarbonyl (C=S) groups is 1. The molecule has 3 heteroatoms. The zero-order valence-corrected chi connectivity index (χ0v) is 12.8. The molecule has 1 aliphatic carbocycles. The van der Waals surface area contributed by atoms with E-state index in [1.807, 2.05) is 0 Å². The van der Waals surface area contributed by atoms with Crippen molar-refractivity contribution in [2.75, 3.05) is 6.54 Å². The van der Waals surface area contributed by atoms with Crippen LogP contribution in [-0.2, 0) is 4.74 Å². The molecule has 1 saturated carbocycles. The second-order valence-corrected chi connectivity index (χ2v) is 7.00. The Labute approximate surface area is 117 Å². The smallest absolute Gasteiger partial charge is 0.177 e. The summed E-state index contributed by atoms with van der Waals surface area (Å²) in [6.45, 7) is 7.99. The van der Waals surface area contributed by atoms with Crippen LogP contribution in [0.5, 0.6) is 0 Å². The number of hydrogen-bond donors (Lipinski definition) is 1. The van der Waals surface area contributed by atoms with Crippen molar-refractivity contribution in [3.63, 3.8) is 0 Å². The van der Waals surface area contributed by atoms with Gasteiger partial charge in [-0.15, -0.1) is 0 Å². The lowest BCUT2D eigenvalue weighted by Gasteiger charge is -2.39. The van der Waals surface area contributed by atoms with Crippen LogP contribution in [0.2, 0.25) is 0 Å². The van der Waals surface area contributed by atoms with Gasteiger partial charge in [0.05, 0.1) is 6.04 Å². The molecule has 0 aromatic rings. The molecule has 1 heterocycles. The number of hydrogen-bond acceptors (Lipinski definition) is 3. The molecule has 0 amide bonds. The number of ether oxygens (including phenoxy) is 1. The van der Waals surface area contributed by atoms with E-state index in [1.54, 1.807) is 0 Å². The summed E-state index contributed by atoms with van der Waals surface area (Å²) in [6.07, 6.45) is 7.25. The molecule has 2 rings (SSSR count). The highest BCUT2D eigenvalue weighted by Gasteiger charge is 2.36. The van der Waals surface area contributed by atoms with Crippen LogP contribution in [0.3, 0.4) is 0 Å². The van der Waals surface area contributed by atoms with Gasteiger partial charge in [-0.3, -0.25) is 0 Å². The van der Waals surface area contributed by atoms with Gasteiger partial charge in [0.15, 0.2) is 5.05 Å². The quantitative estimate of drug-likeness (QED) is 0.790. The fourth-order valence-corrected chi connectivity index (χ4v) is 3.62. The molecule has 0 bridgehead atoms. The van der Waals surface area contributed by atoms with Crippen molar-refractivity contribution in [1.82, 2.24) is 5.32 Å². The zero-order chi connectivity index (χ0) is 13.2.